The van der Waals surface area contributed by atoms with E-state index in [4.69, 9.17) is 0 Å². The zero-order valence-corrected chi connectivity index (χ0v) is 14.5. The minimum Gasteiger partial charge on any atom is -0.322 e. The molecule has 0 saturated carbocycles. The number of fused-ring (bicyclic) bond motifs is 1. The van der Waals surface area contributed by atoms with Crippen LogP contribution in [0.4, 0.5) is 5.69 Å². The van der Waals surface area contributed by atoms with Gasteiger partial charge >= 0.3 is 0 Å². The fourth-order valence-electron chi connectivity index (χ4n) is 2.72. The van der Waals surface area contributed by atoms with Gasteiger partial charge in [0, 0.05) is 16.8 Å². The Hall–Kier alpha value is -3.54. The number of hydrogen-bond acceptors (Lipinski definition) is 4. The van der Waals surface area contributed by atoms with E-state index < -0.39 is 0 Å². The van der Waals surface area contributed by atoms with Crippen LogP contribution in [0.3, 0.4) is 0 Å². The van der Waals surface area contributed by atoms with E-state index in [2.05, 4.69) is 20.6 Å². The van der Waals surface area contributed by atoms with Crippen molar-refractivity contribution >= 4 is 17.2 Å². The molecular formula is C20H17N5O. The lowest BCUT2D eigenvalue weighted by Gasteiger charge is -2.09. The van der Waals surface area contributed by atoms with Gasteiger partial charge in [0.1, 0.15) is 6.33 Å². The smallest absolute Gasteiger partial charge is 0.255 e. The molecule has 0 aliphatic rings. The molecule has 2 aromatic heterocycles. The Balaban J connectivity index is 1.60. The number of benzene rings is 2. The molecule has 0 unspecified atom stereocenters. The predicted molar refractivity (Wildman–Crippen MR) is 100 cm³/mol. The summed E-state index contributed by atoms with van der Waals surface area (Å²) in [5.41, 5.74) is 5.99. The van der Waals surface area contributed by atoms with Crippen LogP contribution < -0.4 is 5.32 Å². The SMILES string of the molecule is Cc1ccc(C(=O)Nc2cccc(-c3ccc4nncn4n3)c2)cc1C. The van der Waals surface area contributed by atoms with Crippen molar-refractivity contribution in [3.8, 4) is 11.3 Å². The maximum absolute atomic E-state index is 12.5. The van der Waals surface area contributed by atoms with Crippen molar-refractivity contribution < 1.29 is 4.79 Å². The number of rotatable bonds is 3. The third-order valence-corrected chi connectivity index (χ3v) is 4.35. The Morgan fingerprint density at radius 3 is 2.73 bits per heavy atom. The first-order valence-corrected chi connectivity index (χ1v) is 8.26. The van der Waals surface area contributed by atoms with Crippen molar-refractivity contribution in [2.75, 3.05) is 5.32 Å². The van der Waals surface area contributed by atoms with Crippen LogP contribution in [0.25, 0.3) is 16.9 Å². The molecular weight excluding hydrogens is 326 g/mol. The molecule has 0 radical (unpaired) electrons. The van der Waals surface area contributed by atoms with Crippen molar-refractivity contribution in [3.63, 3.8) is 0 Å². The molecule has 0 saturated heterocycles. The van der Waals surface area contributed by atoms with Gasteiger partial charge in [0.2, 0.25) is 0 Å². The van der Waals surface area contributed by atoms with Gasteiger partial charge in [0.25, 0.3) is 5.91 Å². The molecule has 6 nitrogen and oxygen atoms in total. The summed E-state index contributed by atoms with van der Waals surface area (Å²) in [6.07, 6.45) is 1.56. The van der Waals surface area contributed by atoms with E-state index in [0.717, 1.165) is 22.5 Å². The van der Waals surface area contributed by atoms with Gasteiger partial charge in [0.05, 0.1) is 5.69 Å². The zero-order chi connectivity index (χ0) is 18.1. The van der Waals surface area contributed by atoms with Crippen molar-refractivity contribution in [3.05, 3.63) is 77.6 Å². The molecule has 0 fully saturated rings. The second-order valence-corrected chi connectivity index (χ2v) is 6.19. The number of aromatic nitrogens is 4. The summed E-state index contributed by atoms with van der Waals surface area (Å²) in [6.45, 7) is 4.03. The number of aryl methyl sites for hydroxylation is 2. The first kappa shape index (κ1) is 16.0. The van der Waals surface area contributed by atoms with Crippen LogP contribution in [0.2, 0.25) is 0 Å². The molecule has 0 bridgehead atoms. The minimum atomic E-state index is -0.132. The number of anilines is 1. The number of hydrogen-bond donors (Lipinski definition) is 1. The first-order valence-electron chi connectivity index (χ1n) is 8.26. The van der Waals surface area contributed by atoms with Gasteiger partial charge in [-0.2, -0.15) is 9.61 Å². The molecule has 0 aliphatic carbocycles. The van der Waals surface area contributed by atoms with Crippen molar-refractivity contribution in [2.45, 2.75) is 13.8 Å². The number of nitrogens with zero attached hydrogens (tertiary/aromatic N) is 4. The fraction of sp³-hybridized carbons (Fsp3) is 0.100. The molecule has 0 aliphatic heterocycles. The standard InChI is InChI=1S/C20H17N5O/c1-13-6-7-16(10-14(13)2)20(26)22-17-5-3-4-15(11-17)18-8-9-19-23-21-12-25(19)24-18/h3-12H,1-2H3,(H,22,26). The van der Waals surface area contributed by atoms with E-state index in [1.54, 1.807) is 10.8 Å². The van der Waals surface area contributed by atoms with Crippen LogP contribution >= 0.6 is 0 Å². The maximum Gasteiger partial charge on any atom is 0.255 e. The van der Waals surface area contributed by atoms with E-state index in [1.165, 1.54) is 5.56 Å². The van der Waals surface area contributed by atoms with Crippen LogP contribution in [-0.4, -0.2) is 25.7 Å². The number of carbonyl (C=O) groups excluding carboxylic acids is 1. The monoisotopic (exact) mass is 343 g/mol. The highest BCUT2D eigenvalue weighted by Gasteiger charge is 2.09. The van der Waals surface area contributed by atoms with E-state index in [-0.39, 0.29) is 5.91 Å². The van der Waals surface area contributed by atoms with E-state index in [9.17, 15) is 4.79 Å². The third-order valence-electron chi connectivity index (χ3n) is 4.35. The Morgan fingerprint density at radius 2 is 1.88 bits per heavy atom. The van der Waals surface area contributed by atoms with Crippen LogP contribution in [0.5, 0.6) is 0 Å². The van der Waals surface area contributed by atoms with E-state index in [1.807, 2.05) is 68.4 Å². The quantitative estimate of drug-likeness (QED) is 0.616. The van der Waals surface area contributed by atoms with Crippen LogP contribution in [-0.2, 0) is 0 Å². The molecule has 6 heteroatoms. The summed E-state index contributed by atoms with van der Waals surface area (Å²) in [7, 11) is 0. The number of amides is 1. The molecule has 4 aromatic rings. The Labute approximate surface area is 150 Å². The Bertz CT molecular complexity index is 1120. The van der Waals surface area contributed by atoms with Gasteiger partial charge in [-0.15, -0.1) is 10.2 Å². The summed E-state index contributed by atoms with van der Waals surface area (Å²) in [5.74, 6) is -0.132. The normalized spacial score (nSPS) is 10.8. The van der Waals surface area contributed by atoms with Gasteiger partial charge in [0.15, 0.2) is 5.65 Å². The lowest BCUT2D eigenvalue weighted by Crippen LogP contribution is -2.12. The Morgan fingerprint density at radius 1 is 1.00 bits per heavy atom. The molecule has 128 valence electrons. The highest BCUT2D eigenvalue weighted by Crippen LogP contribution is 2.21. The molecule has 1 N–H and O–H groups in total. The summed E-state index contributed by atoms with van der Waals surface area (Å²) < 4.78 is 1.62. The average molecular weight is 343 g/mol. The number of carbonyl (C=O) groups is 1. The largest absolute Gasteiger partial charge is 0.322 e. The Kier molecular flexibility index (Phi) is 3.93. The van der Waals surface area contributed by atoms with E-state index >= 15 is 0 Å². The van der Waals surface area contributed by atoms with Crippen LogP contribution in [0.15, 0.2) is 60.9 Å². The second-order valence-electron chi connectivity index (χ2n) is 6.19. The van der Waals surface area contributed by atoms with Gasteiger partial charge in [-0.1, -0.05) is 18.2 Å². The average Bonchev–Trinajstić information content (AvgIpc) is 3.12. The van der Waals surface area contributed by atoms with Gasteiger partial charge in [-0.3, -0.25) is 4.79 Å². The highest BCUT2D eigenvalue weighted by atomic mass is 16.1. The van der Waals surface area contributed by atoms with Crippen LogP contribution in [0, 0.1) is 13.8 Å². The van der Waals surface area contributed by atoms with Gasteiger partial charge in [-0.05, 0) is 61.4 Å². The van der Waals surface area contributed by atoms with E-state index in [0.29, 0.717) is 11.2 Å². The maximum atomic E-state index is 12.5. The number of nitrogens with one attached hydrogen (secondary N) is 1. The lowest BCUT2D eigenvalue weighted by atomic mass is 10.1. The lowest BCUT2D eigenvalue weighted by molar-refractivity contribution is 0.102. The fourth-order valence-corrected chi connectivity index (χ4v) is 2.72. The second kappa shape index (κ2) is 6.40. The topological polar surface area (TPSA) is 72.2 Å². The molecule has 2 aromatic carbocycles. The summed E-state index contributed by atoms with van der Waals surface area (Å²) >= 11 is 0. The molecule has 0 spiro atoms. The molecule has 0 atom stereocenters. The van der Waals surface area contributed by atoms with Crippen LogP contribution in [0.1, 0.15) is 21.5 Å². The molecule has 1 amide bonds. The highest BCUT2D eigenvalue weighted by molar-refractivity contribution is 6.04. The van der Waals surface area contributed by atoms with Crippen molar-refractivity contribution in [1.29, 1.82) is 0 Å². The molecule has 26 heavy (non-hydrogen) atoms. The third kappa shape index (κ3) is 3.04. The van der Waals surface area contributed by atoms with Gasteiger partial charge in [-0.25, -0.2) is 0 Å². The summed E-state index contributed by atoms with van der Waals surface area (Å²) in [4.78, 5) is 12.5. The van der Waals surface area contributed by atoms with Crippen molar-refractivity contribution in [2.24, 2.45) is 0 Å². The summed E-state index contributed by atoms with van der Waals surface area (Å²) in [5, 5.41) is 15.2. The predicted octanol–water partition coefficient (Wildman–Crippen LogP) is 3.66. The molecule has 4 rings (SSSR count). The minimum absolute atomic E-state index is 0.132. The zero-order valence-electron chi connectivity index (χ0n) is 14.5. The molecule has 2 heterocycles. The van der Waals surface area contributed by atoms with Gasteiger partial charge < -0.3 is 5.32 Å². The van der Waals surface area contributed by atoms with Crippen molar-refractivity contribution in [1.82, 2.24) is 19.8 Å². The first-order chi connectivity index (χ1) is 12.6. The summed E-state index contributed by atoms with van der Waals surface area (Å²) in [6, 6.07) is 17.0.